The monoisotopic (exact) mass is 620 g/mol. The first-order valence-electron chi connectivity index (χ1n) is 15.4. The predicted molar refractivity (Wildman–Crippen MR) is 155 cm³/mol. The van der Waals surface area contributed by atoms with E-state index in [2.05, 4.69) is 25.1 Å². The summed E-state index contributed by atoms with van der Waals surface area (Å²) in [5, 5.41) is 10.4. The molecule has 234 valence electrons. The number of nitrogens with one attached hydrogen (secondary N) is 2. The SMILES string of the molecule is O=c1[nH]nc(-c2ccc(CC34C[C@H]5C[C@@H](OCc6c(-c7ccccc7OC(F)(F)F)noc6C6CC6)C[C@@H](C3)C54)cc2)c(=O)[nH]1. The lowest BCUT2D eigenvalue weighted by atomic mass is 9.34. The number of aromatic amines is 2. The van der Waals surface area contributed by atoms with Crippen LogP contribution in [0.3, 0.4) is 0 Å². The molecule has 2 aromatic heterocycles. The molecule has 9 nitrogen and oxygen atoms in total. The van der Waals surface area contributed by atoms with E-state index in [0.29, 0.717) is 40.2 Å². The van der Waals surface area contributed by atoms with Crippen LogP contribution in [0.15, 0.2) is 62.6 Å². The summed E-state index contributed by atoms with van der Waals surface area (Å²) in [5.41, 5.74) is 2.53. The number of benzene rings is 2. The molecule has 2 unspecified atom stereocenters. The fourth-order valence-corrected chi connectivity index (χ4v) is 8.49. The second-order valence-electron chi connectivity index (χ2n) is 13.1. The van der Waals surface area contributed by atoms with Gasteiger partial charge in [-0.15, -0.1) is 13.2 Å². The van der Waals surface area contributed by atoms with E-state index in [1.807, 2.05) is 24.3 Å². The minimum Gasteiger partial charge on any atom is -0.405 e. The lowest BCUT2D eigenvalue weighted by molar-refractivity contribution is -0.274. The van der Waals surface area contributed by atoms with Gasteiger partial charge in [0.15, 0.2) is 5.69 Å². The van der Waals surface area contributed by atoms with Gasteiger partial charge < -0.3 is 14.0 Å². The molecular weight excluding hydrogens is 589 g/mol. The van der Waals surface area contributed by atoms with Gasteiger partial charge in [-0.05, 0) is 85.8 Å². The summed E-state index contributed by atoms with van der Waals surface area (Å²) in [6, 6.07) is 13.9. The Labute approximate surface area is 255 Å². The molecule has 8 rings (SSSR count). The maximum Gasteiger partial charge on any atom is 0.573 e. The van der Waals surface area contributed by atoms with Gasteiger partial charge in [-0.25, -0.2) is 9.89 Å². The Morgan fingerprint density at radius 3 is 2.40 bits per heavy atom. The molecule has 5 atom stereocenters. The van der Waals surface area contributed by atoms with Crippen molar-refractivity contribution in [3.8, 4) is 28.3 Å². The van der Waals surface area contributed by atoms with Crippen molar-refractivity contribution in [3.63, 3.8) is 0 Å². The average Bonchev–Trinajstić information content (AvgIpc) is 3.73. The molecule has 4 saturated carbocycles. The van der Waals surface area contributed by atoms with Crippen LogP contribution in [0.1, 0.15) is 61.3 Å². The largest absolute Gasteiger partial charge is 0.573 e. The number of alkyl halides is 3. The number of para-hydroxylation sites is 1. The summed E-state index contributed by atoms with van der Waals surface area (Å²) in [6.07, 6.45) is 2.39. The highest BCUT2D eigenvalue weighted by Gasteiger charge is 2.66. The second-order valence-corrected chi connectivity index (χ2v) is 13.1. The van der Waals surface area contributed by atoms with Crippen LogP contribution in [0.25, 0.3) is 22.5 Å². The maximum absolute atomic E-state index is 13.1. The molecule has 0 aliphatic heterocycles. The summed E-state index contributed by atoms with van der Waals surface area (Å²) in [6.45, 7) is 0.240. The first-order chi connectivity index (χ1) is 21.7. The highest BCUT2D eigenvalue weighted by molar-refractivity contribution is 5.70. The quantitative estimate of drug-likeness (QED) is 0.231. The van der Waals surface area contributed by atoms with Crippen molar-refractivity contribution in [2.24, 2.45) is 23.2 Å². The average molecular weight is 621 g/mol. The van der Waals surface area contributed by atoms with Crippen molar-refractivity contribution in [2.75, 3.05) is 0 Å². The number of nitrogens with zero attached hydrogens (tertiary/aromatic N) is 2. The van der Waals surface area contributed by atoms with Gasteiger partial charge in [0, 0.05) is 22.6 Å². The molecule has 4 aromatic rings. The number of halogens is 3. The van der Waals surface area contributed by atoms with Crippen LogP contribution < -0.4 is 16.0 Å². The number of rotatable bonds is 9. The first kappa shape index (κ1) is 28.3. The van der Waals surface area contributed by atoms with Gasteiger partial charge in [-0.3, -0.25) is 9.78 Å². The summed E-state index contributed by atoms with van der Waals surface area (Å²) >= 11 is 0. The second kappa shape index (κ2) is 10.4. The molecule has 0 saturated heterocycles. The maximum atomic E-state index is 13.1. The van der Waals surface area contributed by atoms with Gasteiger partial charge in [0.2, 0.25) is 0 Å². The smallest absolute Gasteiger partial charge is 0.405 e. The van der Waals surface area contributed by atoms with E-state index in [1.54, 1.807) is 12.1 Å². The van der Waals surface area contributed by atoms with Crippen LogP contribution in [0.2, 0.25) is 0 Å². The Kier molecular flexibility index (Phi) is 6.56. The van der Waals surface area contributed by atoms with E-state index in [1.165, 1.54) is 17.7 Å². The number of ether oxygens (including phenoxy) is 2. The molecule has 2 aromatic carbocycles. The minimum atomic E-state index is -4.82. The van der Waals surface area contributed by atoms with Crippen molar-refractivity contribution in [1.82, 2.24) is 20.3 Å². The Hall–Kier alpha value is -4.19. The van der Waals surface area contributed by atoms with E-state index in [9.17, 15) is 22.8 Å². The molecule has 2 N–H and O–H groups in total. The predicted octanol–water partition coefficient (Wildman–Crippen LogP) is 6.12. The van der Waals surface area contributed by atoms with Crippen LogP contribution in [0.5, 0.6) is 5.75 Å². The number of aromatic nitrogens is 4. The van der Waals surface area contributed by atoms with Crippen molar-refractivity contribution in [1.29, 1.82) is 0 Å². The highest BCUT2D eigenvalue weighted by Crippen LogP contribution is 2.72. The van der Waals surface area contributed by atoms with Crippen molar-refractivity contribution in [3.05, 3.63) is 86.3 Å². The Bertz CT molecular complexity index is 1840. The molecule has 0 radical (unpaired) electrons. The third kappa shape index (κ3) is 5.18. The lowest BCUT2D eigenvalue weighted by Gasteiger charge is -2.71. The molecule has 4 aliphatic rings. The van der Waals surface area contributed by atoms with Gasteiger partial charge in [0.05, 0.1) is 12.7 Å². The van der Waals surface area contributed by atoms with Gasteiger partial charge in [-0.2, -0.15) is 5.10 Å². The number of hydrogen-bond donors (Lipinski definition) is 2. The fraction of sp³-hybridized carbons (Fsp3) is 0.455. The van der Waals surface area contributed by atoms with Crippen LogP contribution in [-0.4, -0.2) is 32.8 Å². The van der Waals surface area contributed by atoms with Crippen molar-refractivity contribution in [2.45, 2.75) is 69.9 Å². The van der Waals surface area contributed by atoms with Gasteiger partial charge >= 0.3 is 12.1 Å². The summed E-state index contributed by atoms with van der Waals surface area (Å²) < 4.78 is 55.9. The Morgan fingerprint density at radius 2 is 1.71 bits per heavy atom. The van der Waals surface area contributed by atoms with E-state index < -0.39 is 17.6 Å². The van der Waals surface area contributed by atoms with Crippen LogP contribution in [0.4, 0.5) is 13.2 Å². The third-order valence-electron chi connectivity index (χ3n) is 10.3. The van der Waals surface area contributed by atoms with Gasteiger partial charge in [0.25, 0.3) is 5.56 Å². The van der Waals surface area contributed by atoms with Crippen molar-refractivity contribution < 1.29 is 27.2 Å². The zero-order valence-corrected chi connectivity index (χ0v) is 24.2. The molecule has 0 bridgehead atoms. The number of H-pyrrole nitrogens is 2. The van der Waals surface area contributed by atoms with Gasteiger partial charge in [0.1, 0.15) is 17.2 Å². The Balaban J connectivity index is 0.926. The highest BCUT2D eigenvalue weighted by atomic mass is 19.4. The summed E-state index contributed by atoms with van der Waals surface area (Å²) in [7, 11) is 0. The number of hydrogen-bond acceptors (Lipinski definition) is 7. The fourth-order valence-electron chi connectivity index (χ4n) is 8.49. The van der Waals surface area contributed by atoms with Crippen LogP contribution in [0, 0.1) is 23.2 Å². The first-order valence-corrected chi connectivity index (χ1v) is 15.4. The van der Waals surface area contributed by atoms with Crippen LogP contribution >= 0.6 is 0 Å². The molecule has 45 heavy (non-hydrogen) atoms. The zero-order valence-electron chi connectivity index (χ0n) is 24.2. The van der Waals surface area contributed by atoms with E-state index in [4.69, 9.17) is 9.26 Å². The topological polar surface area (TPSA) is 123 Å². The molecule has 0 spiro atoms. The molecule has 2 heterocycles. The van der Waals surface area contributed by atoms with E-state index in [-0.39, 0.29) is 35.6 Å². The zero-order chi connectivity index (χ0) is 30.9. The normalized spacial score (nSPS) is 26.9. The lowest BCUT2D eigenvalue weighted by Crippen LogP contribution is -2.65. The standard InChI is InChI=1S/C33H31F3N4O5/c34-33(35,36)44-25-4-2-1-3-23(25)28-24(29(45-40-28)19-9-10-19)16-43-22-11-20-14-32(15-21(12-22)26(20)32)13-17-5-7-18(8-6-17)27-30(41)37-31(42)39-38-27/h1-8,19-22,26H,9-16H2,(H2,37,39,41,42)/t20-,21+,22-,26?,32?. The summed E-state index contributed by atoms with van der Waals surface area (Å²) in [4.78, 5) is 25.6. The minimum absolute atomic E-state index is 0.0770. The van der Waals surface area contributed by atoms with Crippen molar-refractivity contribution >= 4 is 0 Å². The van der Waals surface area contributed by atoms with Crippen LogP contribution in [-0.2, 0) is 17.8 Å². The summed E-state index contributed by atoms with van der Waals surface area (Å²) in [5.74, 6) is 2.48. The van der Waals surface area contributed by atoms with E-state index >= 15 is 0 Å². The van der Waals surface area contributed by atoms with Gasteiger partial charge in [-0.1, -0.05) is 41.6 Å². The van der Waals surface area contributed by atoms with E-state index in [0.717, 1.165) is 50.5 Å². The molecule has 4 aliphatic carbocycles. The molecule has 0 amide bonds. The molecular formula is C33H31F3N4O5. The Morgan fingerprint density at radius 1 is 0.978 bits per heavy atom. The molecule has 12 heteroatoms. The third-order valence-corrected chi connectivity index (χ3v) is 10.3. The molecule has 4 fully saturated rings.